The number of rotatable bonds is 5. The van der Waals surface area contributed by atoms with Crippen molar-refractivity contribution in [3.05, 3.63) is 46.8 Å². The van der Waals surface area contributed by atoms with Gasteiger partial charge in [-0.25, -0.2) is 4.68 Å². The Kier molecular flexibility index (Phi) is 6.14. The predicted octanol–water partition coefficient (Wildman–Crippen LogP) is 1.98. The van der Waals surface area contributed by atoms with Crippen LogP contribution >= 0.6 is 0 Å². The van der Waals surface area contributed by atoms with Gasteiger partial charge in [0.25, 0.3) is 5.91 Å². The number of hydrogen-bond donors (Lipinski definition) is 0. The quantitative estimate of drug-likeness (QED) is 0.738. The molecular formula is C21H28N4O3. The first-order valence-electron chi connectivity index (χ1n) is 9.61. The molecule has 1 aromatic heterocycles. The molecule has 1 aromatic carbocycles. The summed E-state index contributed by atoms with van der Waals surface area (Å²) >= 11 is 0. The van der Waals surface area contributed by atoms with Gasteiger partial charge < -0.3 is 14.5 Å². The Morgan fingerprint density at radius 1 is 1.07 bits per heavy atom. The minimum Gasteiger partial charge on any atom is -0.469 e. The van der Waals surface area contributed by atoms with E-state index in [0.29, 0.717) is 18.4 Å². The van der Waals surface area contributed by atoms with Crippen molar-refractivity contribution in [1.29, 1.82) is 0 Å². The Morgan fingerprint density at radius 3 is 2.32 bits per heavy atom. The first-order chi connectivity index (χ1) is 13.4. The predicted molar refractivity (Wildman–Crippen MR) is 107 cm³/mol. The van der Waals surface area contributed by atoms with Gasteiger partial charge in [0.1, 0.15) is 0 Å². The number of amides is 1. The summed E-state index contributed by atoms with van der Waals surface area (Å²) in [6.45, 7) is 7.28. The molecule has 1 fully saturated rings. The topological polar surface area (TPSA) is 67.7 Å². The summed E-state index contributed by atoms with van der Waals surface area (Å²) in [5.41, 5.74) is 4.56. The average Bonchev–Trinajstić information content (AvgIpc) is 3.00. The van der Waals surface area contributed by atoms with Gasteiger partial charge in [-0.2, -0.15) is 5.10 Å². The molecule has 3 rings (SSSR count). The number of esters is 1. The zero-order valence-electron chi connectivity index (χ0n) is 17.1. The summed E-state index contributed by atoms with van der Waals surface area (Å²) in [5.74, 6) is -0.148. The Morgan fingerprint density at radius 2 is 1.71 bits per heavy atom. The third-order valence-corrected chi connectivity index (χ3v) is 5.40. The fourth-order valence-electron chi connectivity index (χ4n) is 3.55. The van der Waals surface area contributed by atoms with E-state index in [0.717, 1.165) is 48.8 Å². The van der Waals surface area contributed by atoms with Crippen LogP contribution in [0.1, 0.15) is 33.7 Å². The van der Waals surface area contributed by atoms with Crippen LogP contribution in [0.3, 0.4) is 0 Å². The lowest BCUT2D eigenvalue weighted by atomic mass is 10.1. The number of ether oxygens (including phenoxy) is 1. The molecule has 7 nitrogen and oxygen atoms in total. The monoisotopic (exact) mass is 384 g/mol. The minimum absolute atomic E-state index is 0.0757. The highest BCUT2D eigenvalue weighted by molar-refractivity contribution is 5.94. The standard InChI is InChI=1S/C21H28N4O3/c1-15-19(9-10-20(26)28-4)16(2)25(22-15)18-7-5-17(6-8-18)21(27)24-13-11-23(3)12-14-24/h5-8H,9-14H2,1-4H3. The molecule has 7 heteroatoms. The molecule has 0 atom stereocenters. The zero-order chi connectivity index (χ0) is 20.3. The van der Waals surface area contributed by atoms with E-state index in [1.165, 1.54) is 7.11 Å². The molecule has 0 unspecified atom stereocenters. The first-order valence-corrected chi connectivity index (χ1v) is 9.61. The molecule has 28 heavy (non-hydrogen) atoms. The van der Waals surface area contributed by atoms with E-state index < -0.39 is 0 Å². The fourth-order valence-corrected chi connectivity index (χ4v) is 3.55. The van der Waals surface area contributed by atoms with Crippen molar-refractivity contribution in [2.75, 3.05) is 40.3 Å². The second-order valence-corrected chi connectivity index (χ2v) is 7.28. The average molecular weight is 384 g/mol. The second kappa shape index (κ2) is 8.56. The number of likely N-dealkylation sites (N-methyl/N-ethyl adjacent to an activating group) is 1. The number of piperazine rings is 1. The van der Waals surface area contributed by atoms with Gasteiger partial charge in [-0.15, -0.1) is 0 Å². The van der Waals surface area contributed by atoms with Crippen molar-refractivity contribution in [3.8, 4) is 5.69 Å². The molecule has 1 aliphatic rings. The van der Waals surface area contributed by atoms with Crippen molar-refractivity contribution in [2.24, 2.45) is 0 Å². The summed E-state index contributed by atoms with van der Waals surface area (Å²) in [6, 6.07) is 7.57. The number of carbonyl (C=O) groups excluding carboxylic acids is 2. The number of hydrogen-bond acceptors (Lipinski definition) is 5. The van der Waals surface area contributed by atoms with Gasteiger partial charge in [0, 0.05) is 43.9 Å². The normalized spacial score (nSPS) is 14.9. The van der Waals surface area contributed by atoms with Gasteiger partial charge in [0.05, 0.1) is 18.5 Å². The lowest BCUT2D eigenvalue weighted by Crippen LogP contribution is -2.47. The number of aryl methyl sites for hydroxylation is 1. The Hall–Kier alpha value is -2.67. The summed E-state index contributed by atoms with van der Waals surface area (Å²) < 4.78 is 6.60. The number of benzene rings is 1. The van der Waals surface area contributed by atoms with Crippen molar-refractivity contribution >= 4 is 11.9 Å². The summed E-state index contributed by atoms with van der Waals surface area (Å²) in [4.78, 5) is 28.3. The summed E-state index contributed by atoms with van der Waals surface area (Å²) in [5, 5.41) is 4.62. The van der Waals surface area contributed by atoms with Crippen LogP contribution in [0.4, 0.5) is 0 Å². The van der Waals surface area contributed by atoms with Crippen LogP contribution in [0.25, 0.3) is 5.69 Å². The Balaban J connectivity index is 1.74. The van der Waals surface area contributed by atoms with Gasteiger partial charge in [0.15, 0.2) is 0 Å². The van der Waals surface area contributed by atoms with Gasteiger partial charge in [0.2, 0.25) is 0 Å². The van der Waals surface area contributed by atoms with Gasteiger partial charge in [-0.05, 0) is 57.1 Å². The van der Waals surface area contributed by atoms with Crippen LogP contribution in [0.2, 0.25) is 0 Å². The molecule has 0 saturated carbocycles. The van der Waals surface area contributed by atoms with Crippen molar-refractivity contribution in [3.63, 3.8) is 0 Å². The smallest absolute Gasteiger partial charge is 0.305 e. The SMILES string of the molecule is COC(=O)CCc1c(C)nn(-c2ccc(C(=O)N3CCN(C)CC3)cc2)c1C. The number of carbonyl (C=O) groups is 2. The van der Waals surface area contributed by atoms with E-state index in [9.17, 15) is 9.59 Å². The molecule has 0 N–H and O–H groups in total. The van der Waals surface area contributed by atoms with Crippen LogP contribution in [0.5, 0.6) is 0 Å². The van der Waals surface area contributed by atoms with E-state index in [4.69, 9.17) is 4.74 Å². The maximum absolute atomic E-state index is 12.7. The lowest BCUT2D eigenvalue weighted by Gasteiger charge is -2.32. The van der Waals surface area contributed by atoms with Crippen LogP contribution in [0.15, 0.2) is 24.3 Å². The highest BCUT2D eigenvalue weighted by atomic mass is 16.5. The van der Waals surface area contributed by atoms with E-state index in [-0.39, 0.29) is 11.9 Å². The van der Waals surface area contributed by atoms with Crippen molar-refractivity contribution in [1.82, 2.24) is 19.6 Å². The van der Waals surface area contributed by atoms with Gasteiger partial charge in [-0.1, -0.05) is 0 Å². The van der Waals surface area contributed by atoms with Crippen molar-refractivity contribution < 1.29 is 14.3 Å². The first kappa shape index (κ1) is 20.1. The maximum atomic E-state index is 12.7. The van der Waals surface area contributed by atoms with E-state index >= 15 is 0 Å². The number of aromatic nitrogens is 2. The molecule has 0 aliphatic carbocycles. The molecule has 0 radical (unpaired) electrons. The largest absolute Gasteiger partial charge is 0.469 e. The molecule has 1 aliphatic heterocycles. The van der Waals surface area contributed by atoms with Crippen LogP contribution in [-0.2, 0) is 16.0 Å². The third kappa shape index (κ3) is 4.25. The molecule has 1 amide bonds. The molecular weight excluding hydrogens is 356 g/mol. The Bertz CT molecular complexity index is 849. The molecule has 0 spiro atoms. The van der Waals surface area contributed by atoms with E-state index in [1.807, 2.05) is 47.7 Å². The molecule has 1 saturated heterocycles. The van der Waals surface area contributed by atoms with E-state index in [2.05, 4.69) is 17.0 Å². The highest BCUT2D eigenvalue weighted by Crippen LogP contribution is 2.20. The van der Waals surface area contributed by atoms with Crippen LogP contribution in [-0.4, -0.2) is 71.8 Å². The maximum Gasteiger partial charge on any atom is 0.305 e. The zero-order valence-corrected chi connectivity index (χ0v) is 17.1. The second-order valence-electron chi connectivity index (χ2n) is 7.28. The summed E-state index contributed by atoms with van der Waals surface area (Å²) in [6.07, 6.45) is 0.937. The molecule has 2 heterocycles. The molecule has 0 bridgehead atoms. The van der Waals surface area contributed by atoms with Crippen LogP contribution < -0.4 is 0 Å². The number of nitrogens with zero attached hydrogens (tertiary/aromatic N) is 4. The van der Waals surface area contributed by atoms with Gasteiger partial charge >= 0.3 is 5.97 Å². The third-order valence-electron chi connectivity index (χ3n) is 5.40. The number of methoxy groups -OCH3 is 1. The van der Waals surface area contributed by atoms with Crippen molar-refractivity contribution in [2.45, 2.75) is 26.7 Å². The minimum atomic E-state index is -0.224. The van der Waals surface area contributed by atoms with E-state index in [1.54, 1.807) is 0 Å². The lowest BCUT2D eigenvalue weighted by molar-refractivity contribution is -0.140. The van der Waals surface area contributed by atoms with Gasteiger partial charge in [-0.3, -0.25) is 9.59 Å². The Labute approximate surface area is 165 Å². The highest BCUT2D eigenvalue weighted by Gasteiger charge is 2.20. The molecule has 150 valence electrons. The fraction of sp³-hybridized carbons (Fsp3) is 0.476. The molecule has 2 aromatic rings. The van der Waals surface area contributed by atoms with Crippen LogP contribution in [0, 0.1) is 13.8 Å². The summed E-state index contributed by atoms with van der Waals surface area (Å²) in [7, 11) is 3.47.